The van der Waals surface area contributed by atoms with E-state index < -0.39 is 0 Å². The first-order chi connectivity index (χ1) is 11.2. The van der Waals surface area contributed by atoms with Crippen LogP contribution in [0.15, 0.2) is 72.8 Å². The molecule has 0 aliphatic carbocycles. The summed E-state index contributed by atoms with van der Waals surface area (Å²) in [5.74, 6) is 0.0894. The smallest absolute Gasteiger partial charge is 0.193 e. The van der Waals surface area contributed by atoms with Crippen LogP contribution in [0, 0.1) is 13.8 Å². The van der Waals surface area contributed by atoms with Gasteiger partial charge in [-0.3, -0.25) is 4.79 Å². The molecular formula is C22H20O. The van der Waals surface area contributed by atoms with Crippen LogP contribution in [0.5, 0.6) is 0 Å². The summed E-state index contributed by atoms with van der Waals surface area (Å²) in [6.07, 6.45) is 0.780. The predicted molar refractivity (Wildman–Crippen MR) is 95.0 cm³/mol. The number of aryl methyl sites for hydroxylation is 1. The third kappa shape index (κ3) is 3.24. The maximum Gasteiger partial charge on any atom is 0.193 e. The van der Waals surface area contributed by atoms with Gasteiger partial charge in [-0.1, -0.05) is 72.8 Å². The molecule has 0 unspecified atom stereocenters. The molecule has 1 nitrogen and oxygen atoms in total. The van der Waals surface area contributed by atoms with Crippen LogP contribution in [-0.4, -0.2) is 5.78 Å². The molecule has 3 aromatic rings. The van der Waals surface area contributed by atoms with Crippen LogP contribution in [0.2, 0.25) is 0 Å². The first-order valence-corrected chi connectivity index (χ1v) is 7.89. The van der Waals surface area contributed by atoms with Gasteiger partial charge < -0.3 is 0 Å². The minimum absolute atomic E-state index is 0.0894. The standard InChI is InChI=1S/C22H20O/c1-16-9-8-13-19(17(16)2)15-20-12-6-7-14-21(20)22(23)18-10-4-3-5-11-18/h3-14H,15H2,1-2H3. The number of carbonyl (C=O) groups excluding carboxylic acids is 1. The van der Waals surface area contributed by atoms with E-state index in [9.17, 15) is 4.79 Å². The summed E-state index contributed by atoms with van der Waals surface area (Å²) in [5, 5.41) is 0. The summed E-state index contributed by atoms with van der Waals surface area (Å²) < 4.78 is 0. The van der Waals surface area contributed by atoms with Gasteiger partial charge in [-0.15, -0.1) is 0 Å². The van der Waals surface area contributed by atoms with Gasteiger partial charge in [0.1, 0.15) is 0 Å². The first-order valence-electron chi connectivity index (χ1n) is 7.89. The number of ketones is 1. The lowest BCUT2D eigenvalue weighted by Crippen LogP contribution is -2.06. The van der Waals surface area contributed by atoms with E-state index in [4.69, 9.17) is 0 Å². The quantitative estimate of drug-likeness (QED) is 0.611. The Kier molecular flexibility index (Phi) is 4.38. The minimum Gasteiger partial charge on any atom is -0.289 e. The number of carbonyl (C=O) groups is 1. The lowest BCUT2D eigenvalue weighted by atomic mass is 9.92. The van der Waals surface area contributed by atoms with Crippen LogP contribution >= 0.6 is 0 Å². The van der Waals surface area contributed by atoms with Crippen LogP contribution in [0.25, 0.3) is 0 Å². The van der Waals surface area contributed by atoms with Gasteiger partial charge >= 0.3 is 0 Å². The van der Waals surface area contributed by atoms with Gasteiger partial charge in [0.05, 0.1) is 0 Å². The number of hydrogen-bond acceptors (Lipinski definition) is 1. The molecule has 1 heteroatoms. The van der Waals surface area contributed by atoms with Crippen molar-refractivity contribution in [3.63, 3.8) is 0 Å². The third-order valence-corrected chi connectivity index (χ3v) is 4.40. The minimum atomic E-state index is 0.0894. The molecule has 0 saturated carbocycles. The van der Waals surface area contributed by atoms with Gasteiger partial charge in [-0.05, 0) is 42.5 Å². The molecule has 0 saturated heterocycles. The molecule has 0 N–H and O–H groups in total. The van der Waals surface area contributed by atoms with E-state index in [-0.39, 0.29) is 5.78 Å². The second-order valence-electron chi connectivity index (χ2n) is 5.89. The third-order valence-electron chi connectivity index (χ3n) is 4.40. The van der Waals surface area contributed by atoms with E-state index in [1.807, 2.05) is 48.5 Å². The fourth-order valence-electron chi connectivity index (χ4n) is 2.85. The van der Waals surface area contributed by atoms with Gasteiger partial charge in [-0.25, -0.2) is 0 Å². The van der Waals surface area contributed by atoms with Gasteiger partial charge in [0.2, 0.25) is 0 Å². The highest BCUT2D eigenvalue weighted by Crippen LogP contribution is 2.21. The number of hydrogen-bond donors (Lipinski definition) is 0. The highest BCUT2D eigenvalue weighted by atomic mass is 16.1. The molecule has 0 fully saturated rings. The summed E-state index contributed by atoms with van der Waals surface area (Å²) in [5.41, 5.74) is 6.47. The second-order valence-corrected chi connectivity index (χ2v) is 5.89. The number of rotatable bonds is 4. The summed E-state index contributed by atoms with van der Waals surface area (Å²) in [4.78, 5) is 12.8. The van der Waals surface area contributed by atoms with Gasteiger partial charge in [0.15, 0.2) is 5.78 Å². The molecule has 3 aromatic carbocycles. The molecule has 0 amide bonds. The maximum absolute atomic E-state index is 12.8. The predicted octanol–water partition coefficient (Wildman–Crippen LogP) is 5.13. The van der Waals surface area contributed by atoms with Gasteiger partial charge in [0, 0.05) is 11.1 Å². The maximum atomic E-state index is 12.8. The molecule has 3 rings (SSSR count). The largest absolute Gasteiger partial charge is 0.289 e. The van der Waals surface area contributed by atoms with Crippen molar-refractivity contribution in [2.75, 3.05) is 0 Å². The molecule has 0 atom stereocenters. The number of benzene rings is 3. The van der Waals surface area contributed by atoms with E-state index >= 15 is 0 Å². The van der Waals surface area contributed by atoms with Crippen LogP contribution in [0.3, 0.4) is 0 Å². The molecule has 0 spiro atoms. The fourth-order valence-corrected chi connectivity index (χ4v) is 2.85. The van der Waals surface area contributed by atoms with E-state index in [0.717, 1.165) is 23.1 Å². The molecule has 0 aromatic heterocycles. The van der Waals surface area contributed by atoms with Crippen molar-refractivity contribution in [2.24, 2.45) is 0 Å². The van der Waals surface area contributed by atoms with Crippen molar-refractivity contribution < 1.29 is 4.79 Å². The average Bonchev–Trinajstić information content (AvgIpc) is 2.60. The Morgan fingerprint density at radius 1 is 0.739 bits per heavy atom. The fraction of sp³-hybridized carbons (Fsp3) is 0.136. The molecular weight excluding hydrogens is 280 g/mol. The SMILES string of the molecule is Cc1cccc(Cc2ccccc2C(=O)c2ccccc2)c1C. The van der Waals surface area contributed by atoms with Crippen LogP contribution in [0.1, 0.15) is 38.2 Å². The van der Waals surface area contributed by atoms with Crippen molar-refractivity contribution in [3.8, 4) is 0 Å². The zero-order valence-electron chi connectivity index (χ0n) is 13.5. The summed E-state index contributed by atoms with van der Waals surface area (Å²) in [6, 6.07) is 23.7. The Bertz CT molecular complexity index is 832. The molecule has 23 heavy (non-hydrogen) atoms. The Hall–Kier alpha value is -2.67. The van der Waals surface area contributed by atoms with Crippen LogP contribution < -0.4 is 0 Å². The second kappa shape index (κ2) is 6.62. The van der Waals surface area contributed by atoms with Crippen molar-refractivity contribution >= 4 is 5.78 Å². The monoisotopic (exact) mass is 300 g/mol. The van der Waals surface area contributed by atoms with E-state index in [0.29, 0.717) is 0 Å². The Labute approximate surface area is 137 Å². The van der Waals surface area contributed by atoms with Gasteiger partial charge in [0.25, 0.3) is 0 Å². The molecule has 0 radical (unpaired) electrons. The van der Waals surface area contributed by atoms with E-state index in [1.165, 1.54) is 16.7 Å². The summed E-state index contributed by atoms with van der Waals surface area (Å²) in [6.45, 7) is 4.27. The van der Waals surface area contributed by atoms with Crippen molar-refractivity contribution in [2.45, 2.75) is 20.3 Å². The Morgan fingerprint density at radius 2 is 1.39 bits per heavy atom. The topological polar surface area (TPSA) is 17.1 Å². The van der Waals surface area contributed by atoms with Crippen molar-refractivity contribution in [1.82, 2.24) is 0 Å². The molecule has 0 aliphatic rings. The lowest BCUT2D eigenvalue weighted by Gasteiger charge is -2.12. The van der Waals surface area contributed by atoms with E-state index in [1.54, 1.807) is 0 Å². The summed E-state index contributed by atoms with van der Waals surface area (Å²) in [7, 11) is 0. The van der Waals surface area contributed by atoms with Crippen molar-refractivity contribution in [1.29, 1.82) is 0 Å². The highest BCUT2D eigenvalue weighted by Gasteiger charge is 2.14. The normalized spacial score (nSPS) is 10.5. The molecule has 114 valence electrons. The first kappa shape index (κ1) is 15.2. The van der Waals surface area contributed by atoms with Crippen LogP contribution in [-0.2, 0) is 6.42 Å². The van der Waals surface area contributed by atoms with Gasteiger partial charge in [-0.2, -0.15) is 0 Å². The lowest BCUT2D eigenvalue weighted by molar-refractivity contribution is 0.103. The van der Waals surface area contributed by atoms with E-state index in [2.05, 4.69) is 38.1 Å². The molecule has 0 aliphatic heterocycles. The zero-order valence-corrected chi connectivity index (χ0v) is 13.5. The molecule has 0 bridgehead atoms. The molecule has 0 heterocycles. The Morgan fingerprint density at radius 3 is 2.17 bits per heavy atom. The zero-order chi connectivity index (χ0) is 16.2. The highest BCUT2D eigenvalue weighted by molar-refractivity contribution is 6.09. The van der Waals surface area contributed by atoms with Crippen LogP contribution in [0.4, 0.5) is 0 Å². The summed E-state index contributed by atoms with van der Waals surface area (Å²) >= 11 is 0. The average molecular weight is 300 g/mol. The Balaban J connectivity index is 1.98. The van der Waals surface area contributed by atoms with Crippen molar-refractivity contribution in [3.05, 3.63) is 106 Å².